The third-order valence-electron chi connectivity index (χ3n) is 4.29. The van der Waals surface area contributed by atoms with Gasteiger partial charge in [0, 0.05) is 28.4 Å². The van der Waals surface area contributed by atoms with Crippen LogP contribution in [0.2, 0.25) is 5.02 Å². The molecule has 1 aliphatic heterocycles. The number of benzene rings is 2. The van der Waals surface area contributed by atoms with Gasteiger partial charge in [0.2, 0.25) is 0 Å². The Balaban J connectivity index is 0.00000155. The highest BCUT2D eigenvalue weighted by Gasteiger charge is 2.21. The molecule has 0 aliphatic carbocycles. The maximum Gasteiger partial charge on any atom is 0.267 e. The molecule has 0 aromatic heterocycles. The number of nitrogens with one attached hydrogen (secondary N) is 3. The number of amides is 1. The molecule has 2 aromatic carbocycles. The normalized spacial score (nSPS) is 14.9. The van der Waals surface area contributed by atoms with Gasteiger partial charge in [-0.25, -0.2) is 0 Å². The van der Waals surface area contributed by atoms with Crippen molar-refractivity contribution in [2.75, 3.05) is 13.1 Å². The molecule has 0 bridgehead atoms. The van der Waals surface area contributed by atoms with Gasteiger partial charge in [-0.1, -0.05) is 56.6 Å². The summed E-state index contributed by atoms with van der Waals surface area (Å²) in [6.45, 7) is 7.48. The number of thioether (sulfide) groups is 1. The van der Waals surface area contributed by atoms with Gasteiger partial charge in [-0.05, 0) is 60.2 Å². The van der Waals surface area contributed by atoms with Crippen LogP contribution in [-0.2, 0) is 17.6 Å². The summed E-state index contributed by atoms with van der Waals surface area (Å²) in [6.07, 6.45) is 1.81. The monoisotopic (exact) mass is 463 g/mol. The number of aryl methyl sites for hydroxylation is 1. The molecule has 4 nitrogen and oxygen atoms in total. The van der Waals surface area contributed by atoms with Gasteiger partial charge in [-0.2, -0.15) is 0 Å². The molecular weight excluding hydrogens is 434 g/mol. The highest BCUT2D eigenvalue weighted by Crippen LogP contribution is 2.22. The average molecular weight is 464 g/mol. The SMILES string of the molecule is CC.CCc1ccc(SNCC2NC(C(=O)NCCc3cccc(Cl)c3)=CS2)cc1. The van der Waals surface area contributed by atoms with Gasteiger partial charge in [-0.3, -0.25) is 9.52 Å². The van der Waals surface area contributed by atoms with Gasteiger partial charge in [-0.15, -0.1) is 11.8 Å². The Labute approximate surface area is 193 Å². The summed E-state index contributed by atoms with van der Waals surface area (Å²) >= 11 is 9.22. The first-order chi connectivity index (χ1) is 14.6. The van der Waals surface area contributed by atoms with E-state index in [1.54, 1.807) is 23.7 Å². The highest BCUT2D eigenvalue weighted by molar-refractivity contribution is 8.03. The molecule has 3 N–H and O–H groups in total. The Bertz CT molecular complexity index is 827. The minimum atomic E-state index is -0.0696. The van der Waals surface area contributed by atoms with Crippen LogP contribution in [0.25, 0.3) is 0 Å². The second-order valence-corrected chi connectivity index (χ2v) is 8.86. The highest BCUT2D eigenvalue weighted by atomic mass is 35.5. The fourth-order valence-corrected chi connectivity index (χ4v) is 4.57. The van der Waals surface area contributed by atoms with Gasteiger partial charge >= 0.3 is 0 Å². The van der Waals surface area contributed by atoms with Gasteiger partial charge in [0.05, 0.1) is 5.37 Å². The molecular formula is C23H30ClN3OS2. The van der Waals surface area contributed by atoms with Crippen molar-refractivity contribution < 1.29 is 4.79 Å². The van der Waals surface area contributed by atoms with E-state index in [1.165, 1.54) is 10.5 Å². The molecule has 1 unspecified atom stereocenters. The van der Waals surface area contributed by atoms with Gasteiger partial charge in [0.25, 0.3) is 5.91 Å². The van der Waals surface area contributed by atoms with Crippen LogP contribution in [-0.4, -0.2) is 24.4 Å². The molecule has 7 heteroatoms. The van der Waals surface area contributed by atoms with Crippen LogP contribution in [0.5, 0.6) is 0 Å². The number of carbonyl (C=O) groups excluding carboxylic acids is 1. The Morgan fingerprint density at radius 2 is 1.93 bits per heavy atom. The van der Waals surface area contributed by atoms with E-state index in [4.69, 9.17) is 11.6 Å². The fourth-order valence-electron chi connectivity index (χ4n) is 2.71. The Kier molecular flexibility index (Phi) is 11.2. The second-order valence-electron chi connectivity index (χ2n) is 6.38. The molecule has 3 rings (SSSR count). The van der Waals surface area contributed by atoms with E-state index in [2.05, 4.69) is 46.5 Å². The molecule has 0 saturated carbocycles. The summed E-state index contributed by atoms with van der Waals surface area (Å²) in [5.74, 6) is -0.0696. The van der Waals surface area contributed by atoms with Crippen molar-refractivity contribution in [2.24, 2.45) is 0 Å². The molecule has 1 atom stereocenters. The van der Waals surface area contributed by atoms with Crippen molar-refractivity contribution in [1.29, 1.82) is 0 Å². The minimum absolute atomic E-state index is 0.0696. The van der Waals surface area contributed by atoms with Crippen LogP contribution in [0.4, 0.5) is 0 Å². The van der Waals surface area contributed by atoms with E-state index in [9.17, 15) is 4.79 Å². The summed E-state index contributed by atoms with van der Waals surface area (Å²) in [4.78, 5) is 13.5. The summed E-state index contributed by atoms with van der Waals surface area (Å²) in [7, 11) is 0. The lowest BCUT2D eigenvalue weighted by Crippen LogP contribution is -2.36. The lowest BCUT2D eigenvalue weighted by molar-refractivity contribution is -0.117. The number of hydrogen-bond acceptors (Lipinski definition) is 5. The van der Waals surface area contributed by atoms with E-state index < -0.39 is 0 Å². The molecule has 1 amide bonds. The zero-order chi connectivity index (χ0) is 21.8. The topological polar surface area (TPSA) is 53.2 Å². The van der Waals surface area contributed by atoms with E-state index in [-0.39, 0.29) is 11.3 Å². The average Bonchev–Trinajstić information content (AvgIpc) is 3.25. The van der Waals surface area contributed by atoms with Crippen LogP contribution >= 0.6 is 35.3 Å². The minimum Gasteiger partial charge on any atom is -0.367 e. The molecule has 0 radical (unpaired) electrons. The summed E-state index contributed by atoms with van der Waals surface area (Å²) in [6, 6.07) is 16.3. The summed E-state index contributed by atoms with van der Waals surface area (Å²) in [5, 5.41) is 8.98. The van der Waals surface area contributed by atoms with Gasteiger partial charge in [0.15, 0.2) is 0 Å². The fraction of sp³-hybridized carbons (Fsp3) is 0.348. The Morgan fingerprint density at radius 3 is 2.63 bits per heavy atom. The second kappa shape index (κ2) is 13.7. The first-order valence-corrected chi connectivity index (χ1v) is 12.4. The van der Waals surface area contributed by atoms with Crippen LogP contribution in [0.15, 0.2) is 64.5 Å². The maximum absolute atomic E-state index is 12.3. The van der Waals surface area contributed by atoms with E-state index in [0.29, 0.717) is 12.2 Å². The molecule has 0 fully saturated rings. The summed E-state index contributed by atoms with van der Waals surface area (Å²) in [5.41, 5.74) is 3.08. The largest absolute Gasteiger partial charge is 0.367 e. The molecule has 1 aliphatic rings. The predicted octanol–water partition coefficient (Wildman–Crippen LogP) is 5.39. The Hall–Kier alpha value is -1.60. The third-order valence-corrected chi connectivity index (χ3v) is 6.33. The predicted molar refractivity (Wildman–Crippen MR) is 132 cm³/mol. The van der Waals surface area contributed by atoms with Crippen molar-refractivity contribution in [3.05, 3.63) is 75.8 Å². The third kappa shape index (κ3) is 8.26. The van der Waals surface area contributed by atoms with E-state index >= 15 is 0 Å². The van der Waals surface area contributed by atoms with Crippen molar-refractivity contribution in [3.63, 3.8) is 0 Å². The molecule has 162 valence electrons. The quantitative estimate of drug-likeness (QED) is 0.435. The number of carbonyl (C=O) groups is 1. The Morgan fingerprint density at radius 1 is 1.17 bits per heavy atom. The number of rotatable bonds is 9. The number of hydrogen-bond donors (Lipinski definition) is 3. The van der Waals surface area contributed by atoms with E-state index in [0.717, 1.165) is 30.0 Å². The van der Waals surface area contributed by atoms with Crippen LogP contribution in [0.3, 0.4) is 0 Å². The van der Waals surface area contributed by atoms with Gasteiger partial charge in [0.1, 0.15) is 5.70 Å². The zero-order valence-corrected chi connectivity index (χ0v) is 20.1. The van der Waals surface area contributed by atoms with Crippen molar-refractivity contribution >= 4 is 41.2 Å². The zero-order valence-electron chi connectivity index (χ0n) is 17.7. The van der Waals surface area contributed by atoms with Crippen LogP contribution in [0, 0.1) is 0 Å². The van der Waals surface area contributed by atoms with E-state index in [1.807, 2.05) is 43.5 Å². The first-order valence-electron chi connectivity index (χ1n) is 10.3. The van der Waals surface area contributed by atoms with Gasteiger partial charge < -0.3 is 10.6 Å². The number of halogens is 1. The standard InChI is InChI=1S/C21H24ClN3OS2.C2H6/c1-2-15-6-8-18(9-7-15)28-24-13-20-25-19(14-27-20)21(26)23-11-10-16-4-3-5-17(22)12-16;1-2/h3-9,12,14,20,24-25H,2,10-11,13H2,1H3,(H,23,26);1-2H3. The first kappa shape index (κ1) is 24.7. The molecule has 30 heavy (non-hydrogen) atoms. The lowest BCUT2D eigenvalue weighted by atomic mass is 10.1. The van der Waals surface area contributed by atoms with Crippen LogP contribution in [0.1, 0.15) is 31.9 Å². The summed E-state index contributed by atoms with van der Waals surface area (Å²) < 4.78 is 3.37. The van der Waals surface area contributed by atoms with Crippen molar-refractivity contribution in [1.82, 2.24) is 15.4 Å². The van der Waals surface area contributed by atoms with Crippen LogP contribution < -0.4 is 15.4 Å². The van der Waals surface area contributed by atoms with Crippen molar-refractivity contribution in [3.8, 4) is 0 Å². The molecule has 1 heterocycles. The van der Waals surface area contributed by atoms with Crippen molar-refractivity contribution in [2.45, 2.75) is 43.9 Å². The molecule has 0 saturated heterocycles. The lowest BCUT2D eigenvalue weighted by Gasteiger charge is -2.13. The smallest absolute Gasteiger partial charge is 0.267 e. The maximum atomic E-state index is 12.3. The molecule has 0 spiro atoms. The molecule has 2 aromatic rings.